The number of fused-ring (bicyclic) bond motifs is 1. The van der Waals surface area contributed by atoms with Crippen LogP contribution in [0, 0.1) is 0 Å². The maximum absolute atomic E-state index is 12.0. The summed E-state index contributed by atoms with van der Waals surface area (Å²) in [5.74, 6) is 2.08. The number of carbonyl (C=O) groups is 1. The summed E-state index contributed by atoms with van der Waals surface area (Å²) in [7, 11) is 1.62. The molecule has 5 nitrogen and oxygen atoms in total. The van der Waals surface area contributed by atoms with Crippen molar-refractivity contribution in [3.8, 4) is 17.2 Å². The summed E-state index contributed by atoms with van der Waals surface area (Å²) >= 11 is 0. The molecule has 0 aliphatic carbocycles. The van der Waals surface area contributed by atoms with E-state index in [2.05, 4.69) is 0 Å². The second-order valence-corrected chi connectivity index (χ2v) is 5.84. The molecule has 0 atom stereocenters. The first-order chi connectivity index (χ1) is 12.2. The monoisotopic (exact) mass is 342 g/mol. The van der Waals surface area contributed by atoms with Gasteiger partial charge in [0.15, 0.2) is 11.5 Å². The highest BCUT2D eigenvalue weighted by molar-refractivity contribution is 5.69. The van der Waals surface area contributed by atoms with E-state index >= 15 is 0 Å². The summed E-state index contributed by atoms with van der Waals surface area (Å²) in [6.07, 6.45) is 1.82. The van der Waals surface area contributed by atoms with Crippen LogP contribution in [-0.2, 0) is 22.6 Å². The van der Waals surface area contributed by atoms with Crippen LogP contribution in [0.5, 0.6) is 17.2 Å². The number of ether oxygens (including phenoxy) is 4. The van der Waals surface area contributed by atoms with E-state index in [4.69, 9.17) is 18.9 Å². The van der Waals surface area contributed by atoms with Crippen molar-refractivity contribution in [3.05, 3.63) is 53.6 Å². The molecule has 25 heavy (non-hydrogen) atoms. The normalized spacial score (nSPS) is 13.0. The molecule has 0 saturated heterocycles. The van der Waals surface area contributed by atoms with E-state index < -0.39 is 0 Å². The Morgan fingerprint density at radius 1 is 1.00 bits per heavy atom. The molecule has 0 radical (unpaired) electrons. The van der Waals surface area contributed by atoms with Crippen molar-refractivity contribution in [3.63, 3.8) is 0 Å². The Balaban J connectivity index is 1.47. The fourth-order valence-electron chi connectivity index (χ4n) is 2.57. The average molecular weight is 342 g/mol. The molecule has 1 aliphatic heterocycles. The van der Waals surface area contributed by atoms with Gasteiger partial charge in [0.05, 0.1) is 20.3 Å². The fraction of sp³-hybridized carbons (Fsp3) is 0.350. The second kappa shape index (κ2) is 8.42. The van der Waals surface area contributed by atoms with Crippen LogP contribution in [0.3, 0.4) is 0 Å². The predicted octanol–water partition coefficient (Wildman–Crippen LogP) is 3.53. The van der Waals surface area contributed by atoms with E-state index in [0.29, 0.717) is 26.1 Å². The zero-order valence-corrected chi connectivity index (χ0v) is 14.3. The molecule has 0 saturated carbocycles. The van der Waals surface area contributed by atoms with Crippen LogP contribution < -0.4 is 14.2 Å². The van der Waals surface area contributed by atoms with Crippen molar-refractivity contribution >= 4 is 5.97 Å². The molecule has 2 aromatic rings. The molecule has 2 aromatic carbocycles. The van der Waals surface area contributed by atoms with E-state index in [1.807, 2.05) is 42.5 Å². The van der Waals surface area contributed by atoms with Crippen molar-refractivity contribution < 1.29 is 23.7 Å². The van der Waals surface area contributed by atoms with Gasteiger partial charge in [-0.1, -0.05) is 18.2 Å². The molecule has 1 heterocycles. The summed E-state index contributed by atoms with van der Waals surface area (Å²) in [6.45, 7) is 1.59. The van der Waals surface area contributed by atoms with Gasteiger partial charge >= 0.3 is 5.97 Å². The topological polar surface area (TPSA) is 54.0 Å². The number of aryl methyl sites for hydroxylation is 1. The molecule has 0 bridgehead atoms. The standard InChI is InChI=1S/C20H22O5/c1-22-17-7-3-16(4-8-17)14-25-20(21)10-6-15-5-9-18-19(13-15)24-12-2-11-23-18/h3-5,7-9,13H,2,6,10-12,14H2,1H3. The SMILES string of the molecule is COc1ccc(COC(=O)CCc2ccc3c(c2)OCCCO3)cc1. The Hall–Kier alpha value is -2.69. The Bertz CT molecular complexity index is 709. The van der Waals surface area contributed by atoms with Gasteiger partial charge in [0.1, 0.15) is 12.4 Å². The zero-order chi connectivity index (χ0) is 17.5. The fourth-order valence-corrected chi connectivity index (χ4v) is 2.57. The van der Waals surface area contributed by atoms with E-state index in [1.165, 1.54) is 0 Å². The lowest BCUT2D eigenvalue weighted by molar-refractivity contribution is -0.144. The first kappa shape index (κ1) is 17.1. The molecular weight excluding hydrogens is 320 g/mol. The third-order valence-electron chi connectivity index (χ3n) is 3.99. The summed E-state index contributed by atoms with van der Waals surface area (Å²) in [5, 5.41) is 0. The van der Waals surface area contributed by atoms with Crippen molar-refractivity contribution in [2.75, 3.05) is 20.3 Å². The Morgan fingerprint density at radius 2 is 1.72 bits per heavy atom. The third kappa shape index (κ3) is 4.89. The van der Waals surface area contributed by atoms with Crippen molar-refractivity contribution in [2.24, 2.45) is 0 Å². The van der Waals surface area contributed by atoms with Gasteiger partial charge in [-0.05, 0) is 41.8 Å². The molecule has 5 heteroatoms. The number of benzene rings is 2. The first-order valence-corrected chi connectivity index (χ1v) is 8.41. The lowest BCUT2D eigenvalue weighted by Crippen LogP contribution is -2.06. The maximum Gasteiger partial charge on any atom is 0.306 e. The number of hydrogen-bond donors (Lipinski definition) is 0. The molecule has 0 aromatic heterocycles. The van der Waals surface area contributed by atoms with Gasteiger partial charge in [0.2, 0.25) is 0 Å². The van der Waals surface area contributed by atoms with E-state index in [9.17, 15) is 4.79 Å². The first-order valence-electron chi connectivity index (χ1n) is 8.41. The minimum absolute atomic E-state index is 0.220. The lowest BCUT2D eigenvalue weighted by atomic mass is 10.1. The molecular formula is C20H22O5. The van der Waals surface area contributed by atoms with Crippen LogP contribution >= 0.6 is 0 Å². The van der Waals surface area contributed by atoms with E-state index in [-0.39, 0.29) is 12.6 Å². The number of methoxy groups -OCH3 is 1. The second-order valence-electron chi connectivity index (χ2n) is 5.84. The number of rotatable bonds is 6. The highest BCUT2D eigenvalue weighted by atomic mass is 16.5. The van der Waals surface area contributed by atoms with Crippen molar-refractivity contribution in [1.82, 2.24) is 0 Å². The lowest BCUT2D eigenvalue weighted by Gasteiger charge is -2.09. The van der Waals surface area contributed by atoms with E-state index in [0.717, 1.165) is 34.8 Å². The Labute approximate surface area is 147 Å². The van der Waals surface area contributed by atoms with Crippen LogP contribution in [0.2, 0.25) is 0 Å². The van der Waals surface area contributed by atoms with Gasteiger partial charge in [0.25, 0.3) is 0 Å². The Morgan fingerprint density at radius 3 is 2.48 bits per heavy atom. The molecule has 1 aliphatic rings. The van der Waals surface area contributed by atoms with Gasteiger partial charge in [-0.25, -0.2) is 0 Å². The minimum Gasteiger partial charge on any atom is -0.497 e. The largest absolute Gasteiger partial charge is 0.497 e. The summed E-state index contributed by atoms with van der Waals surface area (Å²) in [4.78, 5) is 12.0. The van der Waals surface area contributed by atoms with Crippen LogP contribution in [0.4, 0.5) is 0 Å². The molecule has 0 N–H and O–H groups in total. The van der Waals surface area contributed by atoms with Gasteiger partial charge in [0, 0.05) is 12.8 Å². The number of carbonyl (C=O) groups excluding carboxylic acids is 1. The third-order valence-corrected chi connectivity index (χ3v) is 3.99. The van der Waals surface area contributed by atoms with E-state index in [1.54, 1.807) is 7.11 Å². The van der Waals surface area contributed by atoms with Crippen molar-refractivity contribution in [1.29, 1.82) is 0 Å². The van der Waals surface area contributed by atoms with Crippen LogP contribution in [0.25, 0.3) is 0 Å². The van der Waals surface area contributed by atoms with Gasteiger partial charge < -0.3 is 18.9 Å². The highest BCUT2D eigenvalue weighted by Gasteiger charge is 2.12. The van der Waals surface area contributed by atoms with Crippen LogP contribution in [0.1, 0.15) is 24.0 Å². The minimum atomic E-state index is -0.220. The Kier molecular flexibility index (Phi) is 5.77. The summed E-state index contributed by atoms with van der Waals surface area (Å²) in [5.41, 5.74) is 1.97. The average Bonchev–Trinajstić information content (AvgIpc) is 2.90. The van der Waals surface area contributed by atoms with Crippen LogP contribution in [-0.4, -0.2) is 26.3 Å². The highest BCUT2D eigenvalue weighted by Crippen LogP contribution is 2.30. The zero-order valence-electron chi connectivity index (χ0n) is 14.3. The van der Waals surface area contributed by atoms with Crippen LogP contribution in [0.15, 0.2) is 42.5 Å². The molecule has 132 valence electrons. The molecule has 3 rings (SSSR count). The number of esters is 1. The van der Waals surface area contributed by atoms with Crippen molar-refractivity contribution in [2.45, 2.75) is 25.9 Å². The van der Waals surface area contributed by atoms with Gasteiger partial charge in [-0.15, -0.1) is 0 Å². The quantitative estimate of drug-likeness (QED) is 0.752. The number of hydrogen-bond acceptors (Lipinski definition) is 5. The molecule has 0 unspecified atom stereocenters. The molecule has 0 fully saturated rings. The maximum atomic E-state index is 12.0. The van der Waals surface area contributed by atoms with Gasteiger partial charge in [-0.2, -0.15) is 0 Å². The smallest absolute Gasteiger partial charge is 0.306 e. The summed E-state index contributed by atoms with van der Waals surface area (Å²) < 4.78 is 21.7. The summed E-state index contributed by atoms with van der Waals surface area (Å²) in [6, 6.07) is 13.3. The predicted molar refractivity (Wildman–Crippen MR) is 93.2 cm³/mol. The molecule has 0 amide bonds. The molecule has 0 spiro atoms. The van der Waals surface area contributed by atoms with Gasteiger partial charge in [-0.3, -0.25) is 4.79 Å².